The van der Waals surface area contributed by atoms with Gasteiger partial charge < -0.3 is 24.4 Å². The third-order valence-electron chi connectivity index (χ3n) is 2.75. The summed E-state index contributed by atoms with van der Waals surface area (Å²) in [5.74, 6) is 0. The van der Waals surface area contributed by atoms with Crippen molar-refractivity contribution >= 4 is 18.5 Å². The van der Waals surface area contributed by atoms with E-state index in [2.05, 4.69) is 0 Å². The molecule has 1 fully saturated rings. The van der Waals surface area contributed by atoms with E-state index in [1.807, 2.05) is 0 Å². The van der Waals surface area contributed by atoms with Crippen molar-refractivity contribution in [3.8, 4) is 0 Å². The zero-order valence-corrected chi connectivity index (χ0v) is 11.5. The molecule has 0 saturated carbocycles. The maximum atomic E-state index is 11.9. The number of nitrogens with zero attached hydrogens (tertiary/aromatic N) is 2. The normalized spacial score (nSPS) is 20.1. The SMILES string of the molecule is CC(C)(C)OC(=O)N1CCN(C(=O)O)C(CC=O)C1. The minimum absolute atomic E-state index is 0.0750. The first-order valence-electron chi connectivity index (χ1n) is 6.15. The molecule has 1 atom stereocenters. The number of rotatable bonds is 2. The van der Waals surface area contributed by atoms with Crippen molar-refractivity contribution in [2.24, 2.45) is 0 Å². The summed E-state index contributed by atoms with van der Waals surface area (Å²) < 4.78 is 5.23. The first kappa shape index (κ1) is 15.3. The Hall–Kier alpha value is -1.79. The lowest BCUT2D eigenvalue weighted by atomic mass is 10.1. The molecule has 7 nitrogen and oxygen atoms in total. The Labute approximate surface area is 112 Å². The van der Waals surface area contributed by atoms with E-state index in [9.17, 15) is 14.4 Å². The first-order valence-corrected chi connectivity index (χ1v) is 6.15. The van der Waals surface area contributed by atoms with Gasteiger partial charge in [0.15, 0.2) is 0 Å². The second-order valence-electron chi connectivity index (χ2n) is 5.46. The van der Waals surface area contributed by atoms with Gasteiger partial charge in [-0.25, -0.2) is 9.59 Å². The van der Waals surface area contributed by atoms with Gasteiger partial charge in [-0.2, -0.15) is 0 Å². The predicted molar refractivity (Wildman–Crippen MR) is 67.0 cm³/mol. The molecule has 0 aliphatic carbocycles. The molecule has 1 heterocycles. The van der Waals surface area contributed by atoms with Crippen LogP contribution in [-0.2, 0) is 9.53 Å². The van der Waals surface area contributed by atoms with Crippen LogP contribution in [0.3, 0.4) is 0 Å². The minimum Gasteiger partial charge on any atom is -0.465 e. The van der Waals surface area contributed by atoms with Crippen LogP contribution in [0.5, 0.6) is 0 Å². The van der Waals surface area contributed by atoms with Crippen molar-refractivity contribution in [3.63, 3.8) is 0 Å². The summed E-state index contributed by atoms with van der Waals surface area (Å²) in [6.45, 7) is 5.94. The molecule has 108 valence electrons. The molecule has 1 aliphatic heterocycles. The maximum absolute atomic E-state index is 11.9. The molecule has 0 radical (unpaired) electrons. The molecule has 0 aromatic carbocycles. The Morgan fingerprint density at radius 3 is 2.47 bits per heavy atom. The molecule has 19 heavy (non-hydrogen) atoms. The number of hydrogen-bond acceptors (Lipinski definition) is 4. The number of hydrogen-bond donors (Lipinski definition) is 1. The molecule has 7 heteroatoms. The second-order valence-corrected chi connectivity index (χ2v) is 5.46. The van der Waals surface area contributed by atoms with Crippen molar-refractivity contribution in [2.45, 2.75) is 38.8 Å². The zero-order chi connectivity index (χ0) is 14.6. The van der Waals surface area contributed by atoms with E-state index in [0.717, 1.165) is 0 Å². The van der Waals surface area contributed by atoms with E-state index < -0.39 is 23.8 Å². The molecule has 1 aliphatic rings. The highest BCUT2D eigenvalue weighted by molar-refractivity contribution is 5.70. The maximum Gasteiger partial charge on any atom is 0.410 e. The van der Waals surface area contributed by atoms with E-state index in [0.29, 0.717) is 6.29 Å². The fourth-order valence-corrected chi connectivity index (χ4v) is 1.91. The second kappa shape index (κ2) is 5.90. The van der Waals surface area contributed by atoms with Crippen molar-refractivity contribution in [1.29, 1.82) is 0 Å². The molecule has 0 spiro atoms. The summed E-state index contributed by atoms with van der Waals surface area (Å²) in [5.41, 5.74) is -0.596. The highest BCUT2D eigenvalue weighted by Crippen LogP contribution is 2.16. The highest BCUT2D eigenvalue weighted by Gasteiger charge is 2.33. The average Bonchev–Trinajstić information content (AvgIpc) is 2.26. The number of aldehydes is 1. The fourth-order valence-electron chi connectivity index (χ4n) is 1.91. The van der Waals surface area contributed by atoms with Crippen LogP contribution in [0.2, 0.25) is 0 Å². The summed E-state index contributed by atoms with van der Waals surface area (Å²) >= 11 is 0. The third kappa shape index (κ3) is 4.42. The van der Waals surface area contributed by atoms with Crippen molar-refractivity contribution in [2.75, 3.05) is 19.6 Å². The van der Waals surface area contributed by atoms with Gasteiger partial charge in [-0.05, 0) is 20.8 Å². The standard InChI is InChI=1S/C12H20N2O5/c1-12(2,3)19-11(18)13-5-6-14(10(16)17)9(8-13)4-7-15/h7,9H,4-6,8H2,1-3H3,(H,16,17). The molecular formula is C12H20N2O5. The van der Waals surface area contributed by atoms with Crippen LogP contribution < -0.4 is 0 Å². The quantitative estimate of drug-likeness (QED) is 0.762. The zero-order valence-electron chi connectivity index (χ0n) is 11.5. The van der Waals surface area contributed by atoms with Gasteiger partial charge in [0.1, 0.15) is 11.9 Å². The van der Waals surface area contributed by atoms with Gasteiger partial charge in [-0.1, -0.05) is 0 Å². The monoisotopic (exact) mass is 272 g/mol. The number of piperazine rings is 1. The van der Waals surface area contributed by atoms with Crippen molar-refractivity contribution in [3.05, 3.63) is 0 Å². The van der Waals surface area contributed by atoms with E-state index in [1.54, 1.807) is 20.8 Å². The third-order valence-corrected chi connectivity index (χ3v) is 2.75. The molecule has 1 N–H and O–H groups in total. The van der Waals surface area contributed by atoms with E-state index >= 15 is 0 Å². The Bertz CT molecular complexity index is 364. The molecule has 0 bridgehead atoms. The lowest BCUT2D eigenvalue weighted by molar-refractivity contribution is -0.109. The highest BCUT2D eigenvalue weighted by atomic mass is 16.6. The summed E-state index contributed by atoms with van der Waals surface area (Å²) in [6, 6.07) is -0.503. The topological polar surface area (TPSA) is 87.2 Å². The van der Waals surface area contributed by atoms with Crippen LogP contribution >= 0.6 is 0 Å². The number of carbonyl (C=O) groups is 3. The fraction of sp³-hybridized carbons (Fsp3) is 0.750. The predicted octanol–water partition coefficient (Wildman–Crippen LogP) is 1.17. The van der Waals surface area contributed by atoms with E-state index in [1.165, 1.54) is 9.80 Å². The lowest BCUT2D eigenvalue weighted by Gasteiger charge is -2.39. The van der Waals surface area contributed by atoms with Gasteiger partial charge in [-0.15, -0.1) is 0 Å². The number of amides is 2. The van der Waals surface area contributed by atoms with Gasteiger partial charge in [0.05, 0.1) is 6.04 Å². The number of carboxylic acid groups (broad SMARTS) is 1. The minimum atomic E-state index is -1.07. The first-order chi connectivity index (χ1) is 8.74. The Morgan fingerprint density at radius 1 is 1.37 bits per heavy atom. The molecule has 2 amide bonds. The largest absolute Gasteiger partial charge is 0.465 e. The molecular weight excluding hydrogens is 252 g/mol. The van der Waals surface area contributed by atoms with Gasteiger partial charge >= 0.3 is 12.2 Å². The number of ether oxygens (including phenoxy) is 1. The Balaban J connectivity index is 2.68. The molecule has 1 unspecified atom stereocenters. The van der Waals surface area contributed by atoms with Gasteiger partial charge in [0.2, 0.25) is 0 Å². The smallest absolute Gasteiger partial charge is 0.410 e. The van der Waals surface area contributed by atoms with E-state index in [-0.39, 0.29) is 26.1 Å². The lowest BCUT2D eigenvalue weighted by Crippen LogP contribution is -2.57. The number of carbonyl (C=O) groups excluding carboxylic acids is 2. The Kier molecular flexibility index (Phi) is 4.74. The van der Waals surface area contributed by atoms with Crippen LogP contribution in [0, 0.1) is 0 Å². The van der Waals surface area contributed by atoms with E-state index in [4.69, 9.17) is 9.84 Å². The summed E-state index contributed by atoms with van der Waals surface area (Å²) in [7, 11) is 0. The van der Waals surface area contributed by atoms with Gasteiger partial charge in [-0.3, -0.25) is 0 Å². The van der Waals surface area contributed by atoms with Crippen molar-refractivity contribution in [1.82, 2.24) is 9.80 Å². The molecule has 1 rings (SSSR count). The van der Waals surface area contributed by atoms with Gasteiger partial charge in [0, 0.05) is 26.1 Å². The summed E-state index contributed by atoms with van der Waals surface area (Å²) in [6.07, 6.45) is -0.811. The van der Waals surface area contributed by atoms with Crippen molar-refractivity contribution < 1.29 is 24.2 Å². The van der Waals surface area contributed by atoms with Crippen LogP contribution in [0.15, 0.2) is 0 Å². The van der Waals surface area contributed by atoms with Crippen LogP contribution in [-0.4, -0.2) is 64.7 Å². The molecule has 0 aromatic rings. The molecule has 1 saturated heterocycles. The van der Waals surface area contributed by atoms with Gasteiger partial charge in [0.25, 0.3) is 0 Å². The van der Waals surface area contributed by atoms with Crippen LogP contribution in [0.4, 0.5) is 9.59 Å². The summed E-state index contributed by atoms with van der Waals surface area (Å²) in [5, 5.41) is 9.02. The molecule has 0 aromatic heterocycles. The van der Waals surface area contributed by atoms with Crippen LogP contribution in [0.25, 0.3) is 0 Å². The average molecular weight is 272 g/mol. The van der Waals surface area contributed by atoms with Crippen LogP contribution in [0.1, 0.15) is 27.2 Å². The summed E-state index contributed by atoms with van der Waals surface area (Å²) in [4.78, 5) is 36.1. The Morgan fingerprint density at radius 2 is 2.00 bits per heavy atom.